The van der Waals surface area contributed by atoms with Crippen LogP contribution in [0, 0.1) is 5.82 Å². The van der Waals surface area contributed by atoms with Gasteiger partial charge in [0.05, 0.1) is 0 Å². The van der Waals surface area contributed by atoms with Gasteiger partial charge >= 0.3 is 0 Å². The lowest BCUT2D eigenvalue weighted by Crippen LogP contribution is -2.52. The second-order valence-corrected chi connectivity index (χ2v) is 7.84. The molecule has 0 bridgehead atoms. The van der Waals surface area contributed by atoms with Crippen molar-refractivity contribution in [1.29, 1.82) is 0 Å². The van der Waals surface area contributed by atoms with Gasteiger partial charge in [-0.2, -0.15) is 0 Å². The van der Waals surface area contributed by atoms with E-state index >= 15 is 0 Å². The number of piperidine rings is 1. The van der Waals surface area contributed by atoms with Crippen molar-refractivity contribution in [2.45, 2.75) is 51.5 Å². The van der Waals surface area contributed by atoms with Crippen LogP contribution in [0.5, 0.6) is 0 Å². The molecule has 1 aromatic carbocycles. The van der Waals surface area contributed by atoms with E-state index < -0.39 is 11.9 Å². The van der Waals surface area contributed by atoms with E-state index in [0.29, 0.717) is 28.8 Å². The van der Waals surface area contributed by atoms with Gasteiger partial charge in [-0.15, -0.1) is 0 Å². The zero-order chi connectivity index (χ0) is 21.1. The number of aryl methyl sites for hydroxylation is 1. The third-order valence-electron chi connectivity index (χ3n) is 5.60. The largest absolute Gasteiger partial charge is 0.306 e. The number of rotatable bonds is 8. The summed E-state index contributed by atoms with van der Waals surface area (Å²) >= 11 is 0. The third-order valence-corrected chi connectivity index (χ3v) is 5.60. The molecule has 0 saturated carbocycles. The highest BCUT2D eigenvalue weighted by Gasteiger charge is 2.41. The number of unbranched alkanes of at least 4 members (excludes halogenated alkanes) is 1. The maximum absolute atomic E-state index is 14.6. The van der Waals surface area contributed by atoms with Crippen molar-refractivity contribution >= 4 is 23.4 Å². The number of amides is 3. The average molecular weight is 401 g/mol. The molecule has 6 nitrogen and oxygen atoms in total. The van der Waals surface area contributed by atoms with Crippen molar-refractivity contribution in [3.05, 3.63) is 41.2 Å². The Morgan fingerprint density at radius 3 is 2.66 bits per heavy atom. The van der Waals surface area contributed by atoms with Crippen LogP contribution >= 0.6 is 0 Å². The molecule has 29 heavy (non-hydrogen) atoms. The summed E-state index contributed by atoms with van der Waals surface area (Å²) in [5.41, 5.74) is 1.61. The van der Waals surface area contributed by atoms with E-state index in [1.807, 2.05) is 0 Å². The number of hydrogen-bond acceptors (Lipinski definition) is 4. The van der Waals surface area contributed by atoms with E-state index in [0.717, 1.165) is 32.4 Å². The summed E-state index contributed by atoms with van der Waals surface area (Å²) < 4.78 is 14.6. The third kappa shape index (κ3) is 4.40. The molecule has 0 spiro atoms. The lowest BCUT2D eigenvalue weighted by Gasteiger charge is -2.30. The molecule has 1 aromatic rings. The van der Waals surface area contributed by atoms with Crippen LogP contribution < -0.4 is 5.32 Å². The van der Waals surface area contributed by atoms with E-state index in [9.17, 15) is 18.8 Å². The zero-order valence-corrected chi connectivity index (χ0v) is 17.1. The Balaban J connectivity index is 1.71. The van der Waals surface area contributed by atoms with Crippen LogP contribution in [0.3, 0.4) is 0 Å². The molecule has 2 aliphatic rings. The van der Waals surface area contributed by atoms with Crippen LogP contribution in [0.4, 0.5) is 4.39 Å². The molecule has 3 amide bonds. The van der Waals surface area contributed by atoms with Crippen LogP contribution in [0.2, 0.25) is 0 Å². The molecule has 3 rings (SSSR count). The quantitative estimate of drug-likeness (QED) is 0.537. The molecule has 2 aliphatic heterocycles. The van der Waals surface area contributed by atoms with Gasteiger partial charge in [-0.1, -0.05) is 13.5 Å². The number of benzene rings is 1. The molecule has 156 valence electrons. The van der Waals surface area contributed by atoms with E-state index in [-0.39, 0.29) is 30.5 Å². The normalized spacial score (nSPS) is 19.2. The predicted octanol–water partition coefficient (Wildman–Crippen LogP) is 2.72. The highest BCUT2D eigenvalue weighted by molar-refractivity contribution is 6.12. The van der Waals surface area contributed by atoms with Crippen molar-refractivity contribution in [3.8, 4) is 0 Å². The molecular weight excluding hydrogens is 373 g/mol. The highest BCUT2D eigenvalue weighted by atomic mass is 19.1. The van der Waals surface area contributed by atoms with Crippen LogP contribution in [-0.4, -0.2) is 53.7 Å². The second-order valence-electron chi connectivity index (χ2n) is 7.84. The zero-order valence-electron chi connectivity index (χ0n) is 17.1. The minimum atomic E-state index is -0.791. The number of halogens is 1. The molecule has 0 aliphatic carbocycles. The molecule has 2 heterocycles. The molecule has 1 unspecified atom stereocenters. The van der Waals surface area contributed by atoms with Gasteiger partial charge in [0.1, 0.15) is 11.9 Å². The van der Waals surface area contributed by atoms with Crippen molar-refractivity contribution in [2.24, 2.45) is 0 Å². The van der Waals surface area contributed by atoms with Crippen LogP contribution in [-0.2, 0) is 16.0 Å². The van der Waals surface area contributed by atoms with Gasteiger partial charge in [-0.3, -0.25) is 24.6 Å². The summed E-state index contributed by atoms with van der Waals surface area (Å²) in [4.78, 5) is 40.1. The molecule has 0 aromatic heterocycles. The van der Waals surface area contributed by atoms with Crippen LogP contribution in [0.25, 0.3) is 5.70 Å². The van der Waals surface area contributed by atoms with Gasteiger partial charge in [0, 0.05) is 23.2 Å². The van der Waals surface area contributed by atoms with Crippen molar-refractivity contribution in [3.63, 3.8) is 0 Å². The van der Waals surface area contributed by atoms with Gasteiger partial charge in [0.25, 0.3) is 5.91 Å². The molecule has 7 heteroatoms. The molecule has 1 saturated heterocycles. The maximum Gasteiger partial charge on any atom is 0.259 e. The molecule has 0 radical (unpaired) electrons. The summed E-state index contributed by atoms with van der Waals surface area (Å²) in [7, 11) is 2.08. The van der Waals surface area contributed by atoms with Gasteiger partial charge < -0.3 is 4.90 Å². The predicted molar refractivity (Wildman–Crippen MR) is 109 cm³/mol. The van der Waals surface area contributed by atoms with E-state index in [2.05, 4.69) is 30.8 Å². The Hall–Kier alpha value is -2.54. The van der Waals surface area contributed by atoms with Gasteiger partial charge in [-0.25, -0.2) is 4.39 Å². The fourth-order valence-corrected chi connectivity index (χ4v) is 4.06. The van der Waals surface area contributed by atoms with Gasteiger partial charge in [-0.05, 0) is 69.9 Å². The SMILES string of the molecule is C=C1c2cc(F)c(CCCCN(C)CCC)cc2C(=O)N1C1CCC(=O)NC1=O. The van der Waals surface area contributed by atoms with Crippen molar-refractivity contribution < 1.29 is 18.8 Å². The summed E-state index contributed by atoms with van der Waals surface area (Å²) in [6.07, 6.45) is 3.84. The van der Waals surface area contributed by atoms with Gasteiger partial charge in [0.15, 0.2) is 0 Å². The maximum atomic E-state index is 14.6. The van der Waals surface area contributed by atoms with Crippen molar-refractivity contribution in [2.75, 3.05) is 20.1 Å². The summed E-state index contributed by atoms with van der Waals surface area (Å²) in [6, 6.07) is 2.15. The Morgan fingerprint density at radius 1 is 1.21 bits per heavy atom. The molecule has 1 N–H and O–H groups in total. The summed E-state index contributed by atoms with van der Waals surface area (Å²) in [6.45, 7) is 8.04. The fourth-order valence-electron chi connectivity index (χ4n) is 4.06. The standard InChI is InChI=1S/C22H28FN3O3/c1-4-10-25(3)11-6-5-7-15-12-17-16(13-18(15)23)14(2)26(22(17)29)19-8-9-20(27)24-21(19)28/h12-13,19H,2,4-11H2,1,3H3,(H,24,27,28). The van der Waals surface area contributed by atoms with E-state index in [1.54, 1.807) is 6.07 Å². The highest BCUT2D eigenvalue weighted by Crippen LogP contribution is 2.36. The first kappa shape index (κ1) is 21.2. The summed E-state index contributed by atoms with van der Waals surface area (Å²) in [5.74, 6) is -1.58. The Labute approximate surface area is 170 Å². The smallest absolute Gasteiger partial charge is 0.259 e. The van der Waals surface area contributed by atoms with Crippen LogP contribution in [0.15, 0.2) is 18.7 Å². The molecule has 1 atom stereocenters. The number of carbonyl (C=O) groups is 3. The second kappa shape index (κ2) is 8.86. The first-order valence-corrected chi connectivity index (χ1v) is 10.2. The average Bonchev–Trinajstić information content (AvgIpc) is 2.89. The fraction of sp³-hybridized carbons (Fsp3) is 0.500. The molecular formula is C22H28FN3O3. The Morgan fingerprint density at radius 2 is 1.97 bits per heavy atom. The summed E-state index contributed by atoms with van der Waals surface area (Å²) in [5, 5.41) is 2.26. The minimum absolute atomic E-state index is 0.163. The number of hydrogen-bond donors (Lipinski definition) is 1. The van der Waals surface area contributed by atoms with Crippen LogP contribution in [0.1, 0.15) is 60.5 Å². The number of nitrogens with zero attached hydrogens (tertiary/aromatic N) is 2. The number of carbonyl (C=O) groups excluding carboxylic acids is 3. The Bertz CT molecular complexity index is 852. The van der Waals surface area contributed by atoms with E-state index in [4.69, 9.17) is 0 Å². The number of imide groups is 1. The van der Waals surface area contributed by atoms with E-state index in [1.165, 1.54) is 11.0 Å². The monoisotopic (exact) mass is 401 g/mol. The van der Waals surface area contributed by atoms with Crippen molar-refractivity contribution in [1.82, 2.24) is 15.1 Å². The lowest BCUT2D eigenvalue weighted by molar-refractivity contribution is -0.136. The minimum Gasteiger partial charge on any atom is -0.306 e. The molecule has 1 fully saturated rings. The van der Waals surface area contributed by atoms with Gasteiger partial charge in [0.2, 0.25) is 11.8 Å². The topological polar surface area (TPSA) is 69.7 Å². The Kier molecular flexibility index (Phi) is 6.47. The first-order chi connectivity index (χ1) is 13.8. The first-order valence-electron chi connectivity index (χ1n) is 10.2. The lowest BCUT2D eigenvalue weighted by atomic mass is 10.0. The number of nitrogens with one attached hydrogen (secondary N) is 1. The number of fused-ring (bicyclic) bond motifs is 1.